The summed E-state index contributed by atoms with van der Waals surface area (Å²) in [4.78, 5) is 6.67. The largest absolute Gasteiger partial charge is 0.337 e. The minimum Gasteiger partial charge on any atom is -0.337 e. The highest BCUT2D eigenvalue weighted by molar-refractivity contribution is 6.50. The smallest absolute Gasteiger partial charge is 0.161 e. The summed E-state index contributed by atoms with van der Waals surface area (Å²) in [5.41, 5.74) is 0.336. The van der Waals surface area contributed by atoms with Gasteiger partial charge in [0.05, 0.1) is 16.1 Å². The van der Waals surface area contributed by atoms with Crippen molar-refractivity contribution in [2.45, 2.75) is 0 Å². The molecule has 0 fully saturated rings. The van der Waals surface area contributed by atoms with Crippen LogP contribution in [-0.2, 0) is 0 Å². The molecular weight excluding hydrogens is 320 g/mol. The van der Waals surface area contributed by atoms with Crippen molar-refractivity contribution in [3.05, 3.63) is 65.0 Å². The average Bonchev–Trinajstić information content (AvgIpc) is 2.86. The zero-order chi connectivity index (χ0) is 15.9. The lowest BCUT2D eigenvalue weighted by Crippen LogP contribution is -1.86. The molecule has 2 aromatic carbocycles. The normalized spacial score (nSPS) is 12.1. The van der Waals surface area contributed by atoms with Gasteiger partial charge in [0.25, 0.3) is 0 Å². The second-order valence-electron chi connectivity index (χ2n) is 4.53. The molecular formula is C15H7ClF4N2. The lowest BCUT2D eigenvalue weighted by atomic mass is 10.2. The number of halogens is 5. The minimum atomic E-state index is -1.04. The van der Waals surface area contributed by atoms with Crippen LogP contribution >= 0.6 is 11.6 Å². The first-order chi connectivity index (χ1) is 10.4. The summed E-state index contributed by atoms with van der Waals surface area (Å²) in [6.45, 7) is 0. The summed E-state index contributed by atoms with van der Waals surface area (Å²) < 4.78 is 52.9. The Balaban J connectivity index is 2.06. The van der Waals surface area contributed by atoms with Crippen molar-refractivity contribution in [3.8, 4) is 0 Å². The number of hydrogen-bond donors (Lipinski definition) is 1. The Hall–Kier alpha value is -2.34. The maximum absolute atomic E-state index is 13.6. The van der Waals surface area contributed by atoms with Gasteiger partial charge in [-0.3, -0.25) is 0 Å². The molecule has 0 atom stereocenters. The van der Waals surface area contributed by atoms with Crippen molar-refractivity contribution in [1.82, 2.24) is 9.97 Å². The van der Waals surface area contributed by atoms with Gasteiger partial charge in [-0.25, -0.2) is 22.5 Å². The summed E-state index contributed by atoms with van der Waals surface area (Å²) in [7, 11) is 0. The van der Waals surface area contributed by atoms with Gasteiger partial charge in [-0.1, -0.05) is 11.6 Å². The zero-order valence-corrected chi connectivity index (χ0v) is 11.6. The fourth-order valence-electron chi connectivity index (χ4n) is 1.95. The van der Waals surface area contributed by atoms with Crippen LogP contribution in [0.4, 0.5) is 17.6 Å². The van der Waals surface area contributed by atoms with E-state index in [4.69, 9.17) is 11.6 Å². The number of hydrogen-bond acceptors (Lipinski definition) is 1. The number of nitrogens with one attached hydrogen (secondary N) is 1. The molecule has 3 aromatic rings. The van der Waals surface area contributed by atoms with Crippen LogP contribution in [0.2, 0.25) is 0 Å². The second kappa shape index (κ2) is 5.46. The number of imidazole rings is 1. The highest BCUT2D eigenvalue weighted by Crippen LogP contribution is 2.25. The van der Waals surface area contributed by atoms with E-state index in [2.05, 4.69) is 9.97 Å². The van der Waals surface area contributed by atoms with E-state index in [1.54, 1.807) is 0 Å². The maximum atomic E-state index is 13.6. The molecule has 1 N–H and O–H groups in total. The molecule has 3 rings (SSSR count). The number of fused-ring (bicyclic) bond motifs is 1. The molecule has 0 unspecified atom stereocenters. The van der Waals surface area contributed by atoms with Crippen molar-refractivity contribution in [2.24, 2.45) is 0 Å². The van der Waals surface area contributed by atoms with E-state index in [-0.39, 0.29) is 27.5 Å². The molecule has 0 amide bonds. The van der Waals surface area contributed by atoms with Crippen LogP contribution in [0.5, 0.6) is 0 Å². The van der Waals surface area contributed by atoms with Crippen LogP contribution in [0.3, 0.4) is 0 Å². The van der Waals surface area contributed by atoms with Gasteiger partial charge in [-0.05, 0) is 24.3 Å². The van der Waals surface area contributed by atoms with Gasteiger partial charge in [-0.15, -0.1) is 0 Å². The summed E-state index contributed by atoms with van der Waals surface area (Å²) in [5.74, 6) is -3.26. The lowest BCUT2D eigenvalue weighted by Gasteiger charge is -1.98. The first-order valence-electron chi connectivity index (χ1n) is 6.11. The number of benzene rings is 2. The van der Waals surface area contributed by atoms with Gasteiger partial charge in [0.2, 0.25) is 0 Å². The highest BCUT2D eigenvalue weighted by atomic mass is 35.5. The Kier molecular flexibility index (Phi) is 3.62. The Bertz CT molecular complexity index is 863. The number of rotatable bonds is 2. The molecule has 0 saturated carbocycles. The Morgan fingerprint density at radius 3 is 2.50 bits per heavy atom. The Morgan fingerprint density at radius 2 is 1.73 bits per heavy atom. The van der Waals surface area contributed by atoms with Crippen molar-refractivity contribution in [3.63, 3.8) is 0 Å². The molecule has 1 aromatic heterocycles. The molecule has 0 bridgehead atoms. The van der Waals surface area contributed by atoms with E-state index in [9.17, 15) is 17.6 Å². The SMILES string of the molecule is Fc1ccc(F)c(/C=C(\Cl)c2nc3cc(F)c(F)cc3[nH]2)c1. The summed E-state index contributed by atoms with van der Waals surface area (Å²) in [6, 6.07) is 4.77. The van der Waals surface area contributed by atoms with E-state index < -0.39 is 23.3 Å². The van der Waals surface area contributed by atoms with Crippen LogP contribution in [0.1, 0.15) is 11.4 Å². The lowest BCUT2D eigenvalue weighted by molar-refractivity contribution is 0.510. The number of nitrogens with zero attached hydrogens (tertiary/aromatic N) is 1. The summed E-state index contributed by atoms with van der Waals surface area (Å²) >= 11 is 6.01. The molecule has 22 heavy (non-hydrogen) atoms. The molecule has 2 nitrogen and oxygen atoms in total. The molecule has 0 aliphatic carbocycles. The van der Waals surface area contributed by atoms with Gasteiger partial charge in [0.15, 0.2) is 11.6 Å². The van der Waals surface area contributed by atoms with E-state index >= 15 is 0 Å². The third-order valence-electron chi connectivity index (χ3n) is 2.99. The first kappa shape index (κ1) is 14.6. The van der Waals surface area contributed by atoms with Crippen molar-refractivity contribution < 1.29 is 17.6 Å². The van der Waals surface area contributed by atoms with Crippen LogP contribution in [0, 0.1) is 23.3 Å². The van der Waals surface area contributed by atoms with E-state index in [0.29, 0.717) is 0 Å². The monoisotopic (exact) mass is 326 g/mol. The molecule has 1 heterocycles. The van der Waals surface area contributed by atoms with Gasteiger partial charge >= 0.3 is 0 Å². The Morgan fingerprint density at radius 1 is 1.00 bits per heavy atom. The molecule has 0 spiro atoms. The topological polar surface area (TPSA) is 28.7 Å². The predicted molar refractivity (Wildman–Crippen MR) is 76.1 cm³/mol. The van der Waals surface area contributed by atoms with Crippen LogP contribution < -0.4 is 0 Å². The third-order valence-corrected chi connectivity index (χ3v) is 3.28. The van der Waals surface area contributed by atoms with Crippen molar-refractivity contribution >= 4 is 33.7 Å². The zero-order valence-electron chi connectivity index (χ0n) is 10.8. The molecule has 7 heteroatoms. The molecule has 0 aliphatic rings. The fraction of sp³-hybridized carbons (Fsp3) is 0. The Labute approximate surface area is 127 Å². The summed E-state index contributed by atoms with van der Waals surface area (Å²) in [5, 5.41) is -0.0264. The molecule has 0 aliphatic heterocycles. The maximum Gasteiger partial charge on any atom is 0.161 e. The first-order valence-corrected chi connectivity index (χ1v) is 6.49. The second-order valence-corrected chi connectivity index (χ2v) is 4.93. The number of aromatic amines is 1. The standard InChI is InChI=1S/C15H7ClF4N2/c16-9(4-7-3-8(17)1-2-10(7)18)15-21-13-5-11(19)12(20)6-14(13)22-15/h1-6H,(H,21,22)/b9-4-. The molecule has 112 valence electrons. The minimum absolute atomic E-state index is 0.0264. The molecule has 0 radical (unpaired) electrons. The van der Waals surface area contributed by atoms with Crippen LogP contribution in [0.15, 0.2) is 30.3 Å². The fourth-order valence-corrected chi connectivity index (χ4v) is 2.16. The predicted octanol–water partition coefficient (Wildman–Crippen LogP) is 4.86. The van der Waals surface area contributed by atoms with E-state index in [0.717, 1.165) is 30.3 Å². The van der Waals surface area contributed by atoms with Crippen molar-refractivity contribution in [1.29, 1.82) is 0 Å². The van der Waals surface area contributed by atoms with Crippen molar-refractivity contribution in [2.75, 3.05) is 0 Å². The van der Waals surface area contributed by atoms with Gasteiger partial charge in [0.1, 0.15) is 17.5 Å². The quantitative estimate of drug-likeness (QED) is 0.670. The van der Waals surface area contributed by atoms with E-state index in [1.165, 1.54) is 6.08 Å². The number of H-pyrrole nitrogens is 1. The highest BCUT2D eigenvalue weighted by Gasteiger charge is 2.11. The number of aromatic nitrogens is 2. The van der Waals surface area contributed by atoms with Crippen LogP contribution in [0.25, 0.3) is 22.1 Å². The van der Waals surface area contributed by atoms with Gasteiger partial charge in [0, 0.05) is 17.7 Å². The van der Waals surface area contributed by atoms with E-state index in [1.807, 2.05) is 0 Å². The third kappa shape index (κ3) is 2.69. The van der Waals surface area contributed by atoms with Gasteiger partial charge in [-0.2, -0.15) is 0 Å². The van der Waals surface area contributed by atoms with Crippen LogP contribution in [-0.4, -0.2) is 9.97 Å². The van der Waals surface area contributed by atoms with Gasteiger partial charge < -0.3 is 4.98 Å². The molecule has 0 saturated heterocycles. The summed E-state index contributed by atoms with van der Waals surface area (Å²) in [6.07, 6.45) is 1.17. The average molecular weight is 327 g/mol.